The lowest BCUT2D eigenvalue weighted by atomic mass is 10.1. The van der Waals surface area contributed by atoms with E-state index in [0.717, 1.165) is 17.2 Å². The molecule has 2 heteroatoms. The summed E-state index contributed by atoms with van der Waals surface area (Å²) in [5.74, 6) is 0.970. The number of nitrogens with one attached hydrogen (secondary N) is 1. The van der Waals surface area contributed by atoms with Gasteiger partial charge in [0.25, 0.3) is 0 Å². The molecular formula is C12H14N2. The topological polar surface area (TPSA) is 28.7 Å². The maximum atomic E-state index is 4.49. The van der Waals surface area contributed by atoms with E-state index in [1.54, 1.807) is 0 Å². The lowest BCUT2D eigenvalue weighted by Crippen LogP contribution is -1.84. The van der Waals surface area contributed by atoms with E-state index in [0.29, 0.717) is 0 Å². The Morgan fingerprint density at radius 3 is 2.36 bits per heavy atom. The average molecular weight is 186 g/mol. The maximum absolute atomic E-state index is 4.49. The first kappa shape index (κ1) is 9.00. The molecular weight excluding hydrogens is 172 g/mol. The number of imidazole rings is 1. The molecule has 14 heavy (non-hydrogen) atoms. The molecule has 0 atom stereocenters. The predicted molar refractivity (Wildman–Crippen MR) is 58.2 cm³/mol. The van der Waals surface area contributed by atoms with E-state index in [4.69, 9.17) is 0 Å². The normalized spacial score (nSPS) is 10.5. The quantitative estimate of drug-likeness (QED) is 0.728. The molecule has 0 aliphatic heterocycles. The van der Waals surface area contributed by atoms with Gasteiger partial charge in [0.05, 0.1) is 5.69 Å². The molecule has 2 nitrogen and oxygen atoms in total. The number of hydrogen-bond acceptors (Lipinski definition) is 1. The Morgan fingerprint density at radius 1 is 1.07 bits per heavy atom. The molecule has 0 saturated carbocycles. The molecule has 0 unspecified atom stereocenters. The first-order chi connectivity index (χ1) is 6.68. The second-order valence-corrected chi connectivity index (χ2v) is 3.61. The third-order valence-electron chi connectivity index (χ3n) is 2.53. The molecule has 0 fully saturated rings. The van der Waals surface area contributed by atoms with Crippen molar-refractivity contribution in [2.24, 2.45) is 0 Å². The van der Waals surface area contributed by atoms with Crippen molar-refractivity contribution in [1.29, 1.82) is 0 Å². The van der Waals surface area contributed by atoms with Crippen molar-refractivity contribution in [2.75, 3.05) is 0 Å². The zero-order valence-electron chi connectivity index (χ0n) is 8.76. The van der Waals surface area contributed by atoms with Gasteiger partial charge in [0, 0.05) is 11.3 Å². The van der Waals surface area contributed by atoms with Crippen LogP contribution in [0.5, 0.6) is 0 Å². The number of aromatic nitrogens is 2. The Bertz CT molecular complexity index is 436. The summed E-state index contributed by atoms with van der Waals surface area (Å²) in [7, 11) is 0. The van der Waals surface area contributed by atoms with Crippen LogP contribution >= 0.6 is 0 Å². The van der Waals surface area contributed by atoms with Crippen LogP contribution in [-0.4, -0.2) is 9.97 Å². The summed E-state index contributed by atoms with van der Waals surface area (Å²) in [5, 5.41) is 0. The average Bonchev–Trinajstić information content (AvgIpc) is 2.48. The summed E-state index contributed by atoms with van der Waals surface area (Å²) in [5.41, 5.74) is 4.65. The summed E-state index contributed by atoms with van der Waals surface area (Å²) < 4.78 is 0. The van der Waals surface area contributed by atoms with Crippen molar-refractivity contribution >= 4 is 0 Å². The highest BCUT2D eigenvalue weighted by molar-refractivity contribution is 5.60. The van der Waals surface area contributed by atoms with Gasteiger partial charge >= 0.3 is 0 Å². The number of aryl methyl sites for hydroxylation is 3. The Labute approximate surface area is 84.0 Å². The minimum Gasteiger partial charge on any atom is -0.342 e. The minimum absolute atomic E-state index is 0.970. The number of H-pyrrole nitrogens is 1. The van der Waals surface area contributed by atoms with Gasteiger partial charge in [-0.3, -0.25) is 0 Å². The molecule has 0 aliphatic carbocycles. The van der Waals surface area contributed by atoms with Gasteiger partial charge in [-0.25, -0.2) is 4.98 Å². The fourth-order valence-electron chi connectivity index (χ4n) is 1.51. The molecule has 1 aromatic heterocycles. The van der Waals surface area contributed by atoms with E-state index in [9.17, 15) is 0 Å². The Kier molecular flexibility index (Phi) is 2.12. The van der Waals surface area contributed by atoms with E-state index in [1.807, 2.05) is 26.0 Å². The monoisotopic (exact) mass is 186 g/mol. The number of rotatable bonds is 1. The minimum atomic E-state index is 0.970. The highest BCUT2D eigenvalue weighted by Crippen LogP contribution is 2.20. The fraction of sp³-hybridized carbons (Fsp3) is 0.250. The maximum Gasteiger partial charge on any atom is 0.138 e. The molecule has 2 aromatic rings. The lowest BCUT2D eigenvalue weighted by molar-refractivity contribution is 1.22. The van der Waals surface area contributed by atoms with Crippen LogP contribution in [0.2, 0.25) is 0 Å². The van der Waals surface area contributed by atoms with Crippen LogP contribution in [0, 0.1) is 20.8 Å². The van der Waals surface area contributed by atoms with E-state index in [-0.39, 0.29) is 0 Å². The molecule has 1 N–H and O–H groups in total. The van der Waals surface area contributed by atoms with Gasteiger partial charge in [-0.15, -0.1) is 0 Å². The third kappa shape index (κ3) is 1.43. The molecule has 0 amide bonds. The zero-order chi connectivity index (χ0) is 10.1. The van der Waals surface area contributed by atoms with Crippen LogP contribution in [0.15, 0.2) is 24.3 Å². The van der Waals surface area contributed by atoms with Crippen LogP contribution in [-0.2, 0) is 0 Å². The summed E-state index contributed by atoms with van der Waals surface area (Å²) in [6.07, 6.45) is 0. The second kappa shape index (κ2) is 3.29. The van der Waals surface area contributed by atoms with Gasteiger partial charge in [0.15, 0.2) is 0 Å². The van der Waals surface area contributed by atoms with Crippen molar-refractivity contribution in [3.63, 3.8) is 0 Å². The first-order valence-corrected chi connectivity index (χ1v) is 4.77. The highest BCUT2D eigenvalue weighted by Gasteiger charge is 2.06. The summed E-state index contributed by atoms with van der Waals surface area (Å²) in [6.45, 7) is 6.17. The van der Waals surface area contributed by atoms with Crippen LogP contribution < -0.4 is 0 Å². The van der Waals surface area contributed by atoms with E-state index < -0.39 is 0 Å². The van der Waals surface area contributed by atoms with E-state index >= 15 is 0 Å². The molecule has 72 valence electrons. The summed E-state index contributed by atoms with van der Waals surface area (Å²) in [6, 6.07) is 8.27. The van der Waals surface area contributed by atoms with Gasteiger partial charge in [-0.05, 0) is 26.3 Å². The van der Waals surface area contributed by atoms with Crippen LogP contribution in [0.1, 0.15) is 17.0 Å². The molecule has 1 aromatic carbocycles. The molecule has 0 aliphatic rings. The highest BCUT2D eigenvalue weighted by atomic mass is 14.9. The Balaban J connectivity index is 2.55. The number of nitrogens with zero attached hydrogens (tertiary/aromatic N) is 1. The standard InChI is InChI=1S/C12H14N2/c1-8-6-4-5-7-11(8)12-13-9(2)10(3)14-12/h4-7H,1-3H3,(H,13,14). The Hall–Kier alpha value is -1.57. The molecule has 0 bridgehead atoms. The van der Waals surface area contributed by atoms with Crippen molar-refractivity contribution in [3.8, 4) is 11.4 Å². The SMILES string of the molecule is Cc1ccccc1-c1nc(C)c(C)[nH]1. The molecule has 1 heterocycles. The number of hydrogen-bond donors (Lipinski definition) is 1. The smallest absolute Gasteiger partial charge is 0.138 e. The Morgan fingerprint density at radius 2 is 1.79 bits per heavy atom. The summed E-state index contributed by atoms with van der Waals surface area (Å²) in [4.78, 5) is 7.78. The van der Waals surface area contributed by atoms with E-state index in [2.05, 4.69) is 29.0 Å². The van der Waals surface area contributed by atoms with Gasteiger partial charge in [-0.2, -0.15) is 0 Å². The first-order valence-electron chi connectivity index (χ1n) is 4.77. The van der Waals surface area contributed by atoms with Gasteiger partial charge in [-0.1, -0.05) is 24.3 Å². The van der Waals surface area contributed by atoms with Crippen LogP contribution in [0.25, 0.3) is 11.4 Å². The van der Waals surface area contributed by atoms with Gasteiger partial charge < -0.3 is 4.98 Å². The van der Waals surface area contributed by atoms with Crippen molar-refractivity contribution in [3.05, 3.63) is 41.2 Å². The molecule has 0 radical (unpaired) electrons. The van der Waals surface area contributed by atoms with Crippen molar-refractivity contribution < 1.29 is 0 Å². The zero-order valence-corrected chi connectivity index (χ0v) is 8.76. The fourth-order valence-corrected chi connectivity index (χ4v) is 1.51. The molecule has 0 saturated heterocycles. The van der Waals surface area contributed by atoms with Crippen molar-refractivity contribution in [2.45, 2.75) is 20.8 Å². The molecule has 0 spiro atoms. The third-order valence-corrected chi connectivity index (χ3v) is 2.53. The largest absolute Gasteiger partial charge is 0.342 e. The van der Waals surface area contributed by atoms with Crippen molar-refractivity contribution in [1.82, 2.24) is 9.97 Å². The van der Waals surface area contributed by atoms with Crippen LogP contribution in [0.3, 0.4) is 0 Å². The van der Waals surface area contributed by atoms with Crippen LogP contribution in [0.4, 0.5) is 0 Å². The number of benzene rings is 1. The second-order valence-electron chi connectivity index (χ2n) is 3.61. The number of aromatic amines is 1. The molecule has 2 rings (SSSR count). The van der Waals surface area contributed by atoms with E-state index in [1.165, 1.54) is 11.1 Å². The van der Waals surface area contributed by atoms with Gasteiger partial charge in [0.2, 0.25) is 0 Å². The lowest BCUT2D eigenvalue weighted by Gasteiger charge is -2.00. The summed E-state index contributed by atoms with van der Waals surface area (Å²) >= 11 is 0. The van der Waals surface area contributed by atoms with Gasteiger partial charge in [0.1, 0.15) is 5.82 Å². The predicted octanol–water partition coefficient (Wildman–Crippen LogP) is 3.00.